The van der Waals surface area contributed by atoms with Crippen LogP contribution in [0.25, 0.3) is 0 Å². The molecule has 0 spiro atoms. The second-order valence-corrected chi connectivity index (χ2v) is 13.2. The Morgan fingerprint density at radius 3 is 2.04 bits per heavy atom. The van der Waals surface area contributed by atoms with E-state index in [1.54, 1.807) is 11.4 Å². The lowest BCUT2D eigenvalue weighted by Gasteiger charge is -2.46. The van der Waals surface area contributed by atoms with E-state index in [4.69, 9.17) is 0 Å². The van der Waals surface area contributed by atoms with Crippen molar-refractivity contribution in [2.24, 2.45) is 16.7 Å². The van der Waals surface area contributed by atoms with Crippen molar-refractivity contribution in [3.8, 4) is 0 Å². The topological polar surface area (TPSA) is 71.1 Å². The number of carbonyl (C=O) groups excluding carboxylic acids is 1. The van der Waals surface area contributed by atoms with Crippen molar-refractivity contribution < 1.29 is 18.5 Å². The molecule has 2 N–H and O–H groups in total. The molecule has 1 heterocycles. The number of nitrogens with zero attached hydrogens (tertiary/aromatic N) is 1. The lowest BCUT2D eigenvalue weighted by molar-refractivity contribution is -0.788. The second kappa shape index (κ2) is 5.77. The van der Waals surface area contributed by atoms with E-state index in [9.17, 15) is 13.2 Å². The van der Waals surface area contributed by atoms with Crippen molar-refractivity contribution in [2.45, 2.75) is 90.8 Å². The molecule has 2 aliphatic carbocycles. The number of hydrogen-bond acceptors (Lipinski definition) is 3. The summed E-state index contributed by atoms with van der Waals surface area (Å²) in [7, 11) is -1.76. The van der Waals surface area contributed by atoms with Gasteiger partial charge in [-0.25, -0.2) is 12.7 Å². The van der Waals surface area contributed by atoms with Crippen LogP contribution in [-0.4, -0.2) is 48.4 Å². The first kappa shape index (κ1) is 20.3. The molecule has 26 heavy (non-hydrogen) atoms. The van der Waals surface area contributed by atoms with E-state index >= 15 is 0 Å². The Bertz CT molecular complexity index is 695. The largest absolute Gasteiger partial charge is 0.337 e. The molecule has 1 saturated heterocycles. The maximum atomic E-state index is 13.4. The first-order valence-corrected chi connectivity index (χ1v) is 11.6. The predicted octanol–water partition coefficient (Wildman–Crippen LogP) is 1.93. The highest BCUT2D eigenvalue weighted by Gasteiger charge is 2.65. The van der Waals surface area contributed by atoms with Crippen molar-refractivity contribution in [1.29, 1.82) is 0 Å². The smallest absolute Gasteiger partial charge is 0.215 e. The molecule has 2 bridgehead atoms. The third-order valence-corrected chi connectivity index (χ3v) is 9.86. The molecule has 0 aromatic carbocycles. The van der Waals surface area contributed by atoms with Crippen LogP contribution in [0.4, 0.5) is 0 Å². The van der Waals surface area contributed by atoms with Gasteiger partial charge in [0.15, 0.2) is 0 Å². The van der Waals surface area contributed by atoms with Gasteiger partial charge in [0.05, 0.1) is 16.8 Å². The number of Topliss-reactive ketones (excluding diaryl/α,β-unsaturated/α-hetero) is 1. The molecule has 2 saturated carbocycles. The summed E-state index contributed by atoms with van der Waals surface area (Å²) in [6, 6.07) is -0.0109. The van der Waals surface area contributed by atoms with Gasteiger partial charge in [-0.05, 0) is 51.9 Å². The van der Waals surface area contributed by atoms with E-state index in [2.05, 4.69) is 46.9 Å². The fraction of sp³-hybridized carbons (Fsp3) is 0.950. The third kappa shape index (κ3) is 3.06. The summed E-state index contributed by atoms with van der Waals surface area (Å²) in [6.07, 6.45) is 3.94. The minimum Gasteiger partial charge on any atom is -0.337 e. The average molecular weight is 386 g/mol. The number of rotatable bonds is 4. The summed E-state index contributed by atoms with van der Waals surface area (Å²) in [4.78, 5) is 12.8. The van der Waals surface area contributed by atoms with Crippen molar-refractivity contribution >= 4 is 15.8 Å². The monoisotopic (exact) mass is 385 g/mol. The molecular weight excluding hydrogens is 348 g/mol. The standard InChI is InChI=1S/C20H36N2O3S/c1-17(2)11-15(12-18(3,4)21-17)22(7)26(24,25)13-20-9-8-14(10-16(20)23)19(20,5)6/h14-15,21H,8-13H2,1-7H3/p+1/t14-,20+/m0/s1. The molecule has 0 amide bonds. The molecule has 1 aliphatic heterocycles. The number of hydrogen-bond donors (Lipinski definition) is 1. The fourth-order valence-corrected chi connectivity index (χ4v) is 8.58. The molecule has 6 heteroatoms. The van der Waals surface area contributed by atoms with Crippen LogP contribution in [0.1, 0.15) is 73.6 Å². The zero-order chi connectivity index (χ0) is 19.8. The second-order valence-electron chi connectivity index (χ2n) is 11.1. The number of carbonyl (C=O) groups is 1. The van der Waals surface area contributed by atoms with Gasteiger partial charge in [-0.15, -0.1) is 0 Å². The molecular formula is C20H37N2O3S+. The molecule has 0 unspecified atom stereocenters. The Hall–Kier alpha value is -0.460. The van der Waals surface area contributed by atoms with Crippen LogP contribution < -0.4 is 5.32 Å². The molecule has 0 radical (unpaired) electrons. The first-order chi connectivity index (χ1) is 11.6. The van der Waals surface area contributed by atoms with E-state index in [1.807, 2.05) is 0 Å². The zero-order valence-electron chi connectivity index (χ0n) is 17.6. The number of sulfonamides is 1. The van der Waals surface area contributed by atoms with Gasteiger partial charge in [-0.1, -0.05) is 13.8 Å². The molecule has 0 aromatic heterocycles. The first-order valence-electron chi connectivity index (χ1n) is 9.98. The summed E-state index contributed by atoms with van der Waals surface area (Å²) >= 11 is 0. The number of piperidine rings is 1. The quantitative estimate of drug-likeness (QED) is 0.804. The van der Waals surface area contributed by atoms with Gasteiger partial charge >= 0.3 is 0 Å². The van der Waals surface area contributed by atoms with Crippen molar-refractivity contribution in [1.82, 2.24) is 4.31 Å². The maximum Gasteiger partial charge on any atom is 0.215 e. The maximum absolute atomic E-state index is 13.4. The van der Waals surface area contributed by atoms with E-state index < -0.39 is 15.4 Å². The van der Waals surface area contributed by atoms with E-state index in [0.29, 0.717) is 12.3 Å². The Labute approximate surface area is 159 Å². The Balaban J connectivity index is 1.85. The fourth-order valence-electron chi connectivity index (χ4n) is 6.47. The van der Waals surface area contributed by atoms with E-state index in [0.717, 1.165) is 25.7 Å². The highest BCUT2D eigenvalue weighted by Crippen LogP contribution is 2.64. The summed E-state index contributed by atoms with van der Waals surface area (Å²) in [5.41, 5.74) is -0.877. The number of quaternary nitrogens is 1. The van der Waals surface area contributed by atoms with Gasteiger partial charge in [0.1, 0.15) is 5.78 Å². The predicted molar refractivity (Wildman–Crippen MR) is 103 cm³/mol. The molecule has 150 valence electrons. The van der Waals surface area contributed by atoms with Crippen LogP contribution in [-0.2, 0) is 14.8 Å². The van der Waals surface area contributed by atoms with Crippen LogP contribution in [0.2, 0.25) is 0 Å². The Kier molecular flexibility index (Phi) is 4.50. The van der Waals surface area contributed by atoms with Crippen molar-refractivity contribution in [3.63, 3.8) is 0 Å². The normalized spacial score (nSPS) is 36.0. The van der Waals surface area contributed by atoms with Crippen LogP contribution >= 0.6 is 0 Å². The van der Waals surface area contributed by atoms with Crippen LogP contribution in [0.15, 0.2) is 0 Å². The zero-order valence-corrected chi connectivity index (χ0v) is 18.4. The molecule has 3 fully saturated rings. The van der Waals surface area contributed by atoms with Gasteiger partial charge in [-0.2, -0.15) is 0 Å². The van der Waals surface area contributed by atoms with E-state index in [1.165, 1.54) is 0 Å². The van der Waals surface area contributed by atoms with Gasteiger partial charge in [-0.3, -0.25) is 4.79 Å². The SMILES string of the molecule is CN(C1CC(C)(C)[NH2+]C(C)(C)C1)S(=O)(=O)C[C@]12CC[C@@H](CC1=O)C2(C)C. The summed E-state index contributed by atoms with van der Waals surface area (Å²) in [6.45, 7) is 13.0. The van der Waals surface area contributed by atoms with Gasteiger partial charge in [0.2, 0.25) is 10.0 Å². The molecule has 0 aromatic rings. The van der Waals surface area contributed by atoms with Crippen LogP contribution in [0.3, 0.4) is 0 Å². The van der Waals surface area contributed by atoms with Crippen LogP contribution in [0, 0.1) is 16.7 Å². The summed E-state index contributed by atoms with van der Waals surface area (Å²) in [5.74, 6) is 0.505. The van der Waals surface area contributed by atoms with Crippen molar-refractivity contribution in [2.75, 3.05) is 12.8 Å². The Morgan fingerprint density at radius 1 is 1.08 bits per heavy atom. The molecule has 3 aliphatic rings. The number of ketones is 1. The minimum atomic E-state index is -3.49. The third-order valence-electron chi connectivity index (χ3n) is 7.83. The van der Waals surface area contributed by atoms with Crippen LogP contribution in [0.5, 0.6) is 0 Å². The lowest BCUT2D eigenvalue weighted by atomic mass is 9.70. The van der Waals surface area contributed by atoms with Gasteiger partial charge in [0.25, 0.3) is 0 Å². The lowest BCUT2D eigenvalue weighted by Crippen LogP contribution is -3.06. The minimum absolute atomic E-state index is 0.00931. The van der Waals surface area contributed by atoms with Gasteiger partial charge in [0, 0.05) is 37.8 Å². The summed E-state index contributed by atoms with van der Waals surface area (Å²) in [5, 5.41) is 2.36. The average Bonchev–Trinajstić information content (AvgIpc) is 2.76. The Morgan fingerprint density at radius 2 is 1.62 bits per heavy atom. The van der Waals surface area contributed by atoms with Gasteiger partial charge < -0.3 is 5.32 Å². The highest BCUT2D eigenvalue weighted by atomic mass is 32.2. The summed E-state index contributed by atoms with van der Waals surface area (Å²) < 4.78 is 28.4. The van der Waals surface area contributed by atoms with Crippen molar-refractivity contribution in [3.05, 3.63) is 0 Å². The van der Waals surface area contributed by atoms with E-state index in [-0.39, 0.29) is 34.1 Å². The number of fused-ring (bicyclic) bond motifs is 2. The molecule has 2 atom stereocenters. The molecule has 5 nitrogen and oxygen atoms in total. The highest BCUT2D eigenvalue weighted by molar-refractivity contribution is 7.89. The number of nitrogens with two attached hydrogens (primary N) is 1. The molecule has 3 rings (SSSR count).